The van der Waals surface area contributed by atoms with Crippen molar-refractivity contribution in [3.05, 3.63) is 27.2 Å². The van der Waals surface area contributed by atoms with Crippen molar-refractivity contribution in [2.45, 2.75) is 26.7 Å². The van der Waals surface area contributed by atoms with E-state index in [2.05, 4.69) is 0 Å². The molecule has 3 heteroatoms. The molecule has 0 aliphatic heterocycles. The summed E-state index contributed by atoms with van der Waals surface area (Å²) in [6.45, 7) is 5.75. The van der Waals surface area contributed by atoms with Crippen LogP contribution in [0.5, 0.6) is 5.75 Å². The van der Waals surface area contributed by atoms with Gasteiger partial charge in [-0.3, -0.25) is 0 Å². The molecule has 0 aliphatic rings. The van der Waals surface area contributed by atoms with Crippen LogP contribution >= 0.6 is 23.2 Å². The van der Waals surface area contributed by atoms with Gasteiger partial charge in [0.2, 0.25) is 0 Å². The van der Waals surface area contributed by atoms with Gasteiger partial charge in [0, 0.05) is 5.02 Å². The third-order valence-electron chi connectivity index (χ3n) is 2.00. The SMILES string of the molecule is Cc1cc(Cl)c(C(C)C)c(Cl)c1O. The highest BCUT2D eigenvalue weighted by molar-refractivity contribution is 6.37. The predicted octanol–water partition coefficient (Wildman–Crippen LogP) is 4.13. The van der Waals surface area contributed by atoms with Crippen molar-refractivity contribution in [1.82, 2.24) is 0 Å². The van der Waals surface area contributed by atoms with Crippen LogP contribution in [-0.2, 0) is 0 Å². The Morgan fingerprint density at radius 1 is 1.31 bits per heavy atom. The summed E-state index contributed by atoms with van der Waals surface area (Å²) in [5.41, 5.74) is 1.52. The van der Waals surface area contributed by atoms with E-state index >= 15 is 0 Å². The molecule has 1 N–H and O–H groups in total. The lowest BCUT2D eigenvalue weighted by Crippen LogP contribution is -1.92. The number of phenolic OH excluding ortho intramolecular Hbond substituents is 1. The highest BCUT2D eigenvalue weighted by Gasteiger charge is 2.15. The minimum absolute atomic E-state index is 0.134. The van der Waals surface area contributed by atoms with E-state index in [0.29, 0.717) is 15.6 Å². The number of hydrogen-bond donors (Lipinski definition) is 1. The first-order chi connectivity index (χ1) is 5.95. The van der Waals surface area contributed by atoms with Gasteiger partial charge in [-0.1, -0.05) is 37.0 Å². The zero-order valence-corrected chi connectivity index (χ0v) is 9.37. The van der Waals surface area contributed by atoms with Gasteiger partial charge in [-0.15, -0.1) is 0 Å². The maximum Gasteiger partial charge on any atom is 0.137 e. The van der Waals surface area contributed by atoms with Crippen LogP contribution in [0.1, 0.15) is 30.9 Å². The minimum atomic E-state index is 0.134. The fourth-order valence-corrected chi connectivity index (χ4v) is 2.26. The van der Waals surface area contributed by atoms with E-state index < -0.39 is 0 Å². The van der Waals surface area contributed by atoms with Gasteiger partial charge in [-0.2, -0.15) is 0 Å². The summed E-state index contributed by atoms with van der Waals surface area (Å²) in [5, 5.41) is 10.6. The molecule has 0 amide bonds. The second-order valence-electron chi connectivity index (χ2n) is 3.41. The van der Waals surface area contributed by atoms with Gasteiger partial charge in [0.05, 0.1) is 5.02 Å². The Hall–Kier alpha value is -0.400. The molecule has 1 aromatic rings. The predicted molar refractivity (Wildman–Crippen MR) is 57.0 cm³/mol. The Kier molecular flexibility index (Phi) is 3.09. The number of aryl methyl sites for hydroxylation is 1. The van der Waals surface area contributed by atoms with Crippen LogP contribution in [-0.4, -0.2) is 5.11 Å². The van der Waals surface area contributed by atoms with Crippen molar-refractivity contribution < 1.29 is 5.11 Å². The van der Waals surface area contributed by atoms with Crippen LogP contribution in [0.2, 0.25) is 10.0 Å². The normalized spacial score (nSPS) is 10.9. The second-order valence-corrected chi connectivity index (χ2v) is 4.19. The quantitative estimate of drug-likeness (QED) is 0.752. The van der Waals surface area contributed by atoms with Crippen LogP contribution in [0.25, 0.3) is 0 Å². The van der Waals surface area contributed by atoms with Crippen LogP contribution in [0.15, 0.2) is 6.07 Å². The maximum atomic E-state index is 9.57. The van der Waals surface area contributed by atoms with Gasteiger partial charge < -0.3 is 5.11 Å². The fourth-order valence-electron chi connectivity index (χ4n) is 1.27. The van der Waals surface area contributed by atoms with Crippen molar-refractivity contribution in [3.63, 3.8) is 0 Å². The fraction of sp³-hybridized carbons (Fsp3) is 0.400. The average molecular weight is 219 g/mol. The van der Waals surface area contributed by atoms with E-state index in [4.69, 9.17) is 23.2 Å². The molecule has 1 aromatic carbocycles. The van der Waals surface area contributed by atoms with E-state index in [-0.39, 0.29) is 11.7 Å². The van der Waals surface area contributed by atoms with Crippen LogP contribution in [0.4, 0.5) is 0 Å². The Balaban J connectivity index is 3.44. The molecule has 0 bridgehead atoms. The van der Waals surface area contributed by atoms with Gasteiger partial charge in [-0.25, -0.2) is 0 Å². The summed E-state index contributed by atoms with van der Waals surface area (Å²) in [6, 6.07) is 1.73. The largest absolute Gasteiger partial charge is 0.506 e. The van der Waals surface area contributed by atoms with E-state index in [0.717, 1.165) is 5.56 Å². The second kappa shape index (κ2) is 3.77. The molecule has 1 nitrogen and oxygen atoms in total. The third kappa shape index (κ3) is 1.92. The summed E-state index contributed by atoms with van der Waals surface area (Å²) in [6.07, 6.45) is 0. The lowest BCUT2D eigenvalue weighted by Gasteiger charge is -2.13. The molecule has 0 atom stereocenters. The van der Waals surface area contributed by atoms with Crippen LogP contribution in [0.3, 0.4) is 0 Å². The topological polar surface area (TPSA) is 20.2 Å². The first kappa shape index (κ1) is 10.7. The molecule has 0 aliphatic carbocycles. The highest BCUT2D eigenvalue weighted by atomic mass is 35.5. The summed E-state index contributed by atoms with van der Waals surface area (Å²) < 4.78 is 0. The van der Waals surface area contributed by atoms with Crippen molar-refractivity contribution in [2.24, 2.45) is 0 Å². The average Bonchev–Trinajstić information content (AvgIpc) is 1.99. The molecule has 0 radical (unpaired) electrons. The van der Waals surface area contributed by atoms with Crippen molar-refractivity contribution in [1.29, 1.82) is 0 Å². The Labute approximate surface area is 88.3 Å². The number of benzene rings is 1. The minimum Gasteiger partial charge on any atom is -0.506 e. The summed E-state index contributed by atoms with van der Waals surface area (Å²) >= 11 is 12.0. The van der Waals surface area contributed by atoms with Crippen molar-refractivity contribution in [3.8, 4) is 5.75 Å². The molecule has 0 aromatic heterocycles. The molecule has 0 heterocycles. The van der Waals surface area contributed by atoms with E-state index in [1.165, 1.54) is 0 Å². The molecule has 72 valence electrons. The lowest BCUT2D eigenvalue weighted by molar-refractivity contribution is 0.470. The van der Waals surface area contributed by atoms with E-state index in [1.54, 1.807) is 13.0 Å². The number of hydrogen-bond acceptors (Lipinski definition) is 1. The number of halogens is 2. The zero-order chi connectivity index (χ0) is 10.2. The number of rotatable bonds is 1. The molecular weight excluding hydrogens is 207 g/mol. The maximum absolute atomic E-state index is 9.57. The molecule has 0 saturated carbocycles. The summed E-state index contributed by atoms with van der Waals surface area (Å²) in [7, 11) is 0. The van der Waals surface area contributed by atoms with Gasteiger partial charge in [0.1, 0.15) is 5.75 Å². The van der Waals surface area contributed by atoms with Gasteiger partial charge >= 0.3 is 0 Å². The summed E-state index contributed by atoms with van der Waals surface area (Å²) in [4.78, 5) is 0. The van der Waals surface area contributed by atoms with Crippen LogP contribution in [0, 0.1) is 6.92 Å². The van der Waals surface area contributed by atoms with E-state index in [1.807, 2.05) is 13.8 Å². The van der Waals surface area contributed by atoms with Crippen LogP contribution < -0.4 is 0 Å². The molecule has 0 fully saturated rings. The Morgan fingerprint density at radius 2 is 1.85 bits per heavy atom. The number of aromatic hydroxyl groups is 1. The monoisotopic (exact) mass is 218 g/mol. The number of phenols is 1. The molecule has 1 rings (SSSR count). The van der Waals surface area contributed by atoms with Crippen molar-refractivity contribution >= 4 is 23.2 Å². The highest BCUT2D eigenvalue weighted by Crippen LogP contribution is 2.39. The zero-order valence-electron chi connectivity index (χ0n) is 7.86. The van der Waals surface area contributed by atoms with Crippen molar-refractivity contribution in [2.75, 3.05) is 0 Å². The standard InChI is InChI=1S/C10H12Cl2O/c1-5(2)8-7(11)4-6(3)10(13)9(8)12/h4-5,13H,1-3H3. The third-order valence-corrected chi connectivity index (χ3v) is 2.69. The summed E-state index contributed by atoms with van der Waals surface area (Å²) in [5.74, 6) is 0.348. The van der Waals surface area contributed by atoms with Gasteiger partial charge in [0.15, 0.2) is 0 Å². The molecule has 0 spiro atoms. The molecular formula is C10H12Cl2O. The smallest absolute Gasteiger partial charge is 0.137 e. The van der Waals surface area contributed by atoms with Gasteiger partial charge in [-0.05, 0) is 30.0 Å². The Bertz CT molecular complexity index is 332. The molecule has 13 heavy (non-hydrogen) atoms. The lowest BCUT2D eigenvalue weighted by atomic mass is 10.0. The Morgan fingerprint density at radius 3 is 2.31 bits per heavy atom. The first-order valence-corrected chi connectivity index (χ1v) is 4.88. The van der Waals surface area contributed by atoms with E-state index in [9.17, 15) is 5.11 Å². The molecule has 0 unspecified atom stereocenters. The first-order valence-electron chi connectivity index (χ1n) is 4.12. The van der Waals surface area contributed by atoms with Gasteiger partial charge in [0.25, 0.3) is 0 Å². The molecule has 0 saturated heterocycles.